The van der Waals surface area contributed by atoms with Gasteiger partial charge in [-0.25, -0.2) is 0 Å². The molecule has 2 unspecified atom stereocenters. The van der Waals surface area contributed by atoms with Crippen molar-refractivity contribution in [1.29, 1.82) is 0 Å². The smallest absolute Gasteiger partial charge is 0.170 e. The maximum absolute atomic E-state index is 5.40. The summed E-state index contributed by atoms with van der Waals surface area (Å²) in [5.41, 5.74) is 3.79. The second-order valence-corrected chi connectivity index (χ2v) is 8.54. The van der Waals surface area contributed by atoms with Crippen molar-refractivity contribution in [2.45, 2.75) is 63.8 Å². The van der Waals surface area contributed by atoms with E-state index in [0.717, 1.165) is 24.7 Å². The summed E-state index contributed by atoms with van der Waals surface area (Å²) in [7, 11) is 0. The first kappa shape index (κ1) is 18.8. The molecule has 146 valence electrons. The van der Waals surface area contributed by atoms with Gasteiger partial charge in [0.2, 0.25) is 0 Å². The number of anilines is 1. The van der Waals surface area contributed by atoms with Crippen LogP contribution in [0.4, 0.5) is 5.69 Å². The molecule has 2 aromatic rings. The Kier molecular flexibility index (Phi) is 5.98. The lowest BCUT2D eigenvalue weighted by Gasteiger charge is -2.33. The highest BCUT2D eigenvalue weighted by Crippen LogP contribution is 2.37. The minimum atomic E-state index is 0.657. The third-order valence-electron chi connectivity index (χ3n) is 6.31. The van der Waals surface area contributed by atoms with Gasteiger partial charge in [-0.2, -0.15) is 0 Å². The number of H-pyrrole nitrogens is 1. The van der Waals surface area contributed by atoms with Crippen molar-refractivity contribution in [1.82, 2.24) is 15.2 Å². The summed E-state index contributed by atoms with van der Waals surface area (Å²) in [5.74, 6) is 0.657. The molecule has 5 heteroatoms. The molecule has 27 heavy (non-hydrogen) atoms. The Morgan fingerprint density at radius 2 is 2.11 bits per heavy atom. The first-order valence-electron chi connectivity index (χ1n) is 10.6. The molecule has 3 heterocycles. The summed E-state index contributed by atoms with van der Waals surface area (Å²) < 4.78 is 0. The Morgan fingerprint density at radius 1 is 1.19 bits per heavy atom. The maximum atomic E-state index is 5.40. The monoisotopic (exact) mass is 384 g/mol. The molecule has 3 N–H and O–H groups in total. The van der Waals surface area contributed by atoms with Crippen LogP contribution in [0.25, 0.3) is 10.9 Å². The second-order valence-electron chi connectivity index (χ2n) is 8.13. The van der Waals surface area contributed by atoms with Gasteiger partial charge < -0.3 is 20.5 Å². The quantitative estimate of drug-likeness (QED) is 0.650. The summed E-state index contributed by atoms with van der Waals surface area (Å²) in [6.07, 6.45) is 11.5. The molecule has 2 aliphatic rings. The van der Waals surface area contributed by atoms with E-state index in [2.05, 4.69) is 51.8 Å². The SMILES string of the molecule is CCCNC(=S)Nc1ccc2[nH]cc(C3CCC4CCCCN4CC3)c2c1. The number of benzene rings is 1. The number of thiocarbonyl (C=S) groups is 1. The molecule has 2 aliphatic heterocycles. The van der Waals surface area contributed by atoms with Crippen LogP contribution in [-0.2, 0) is 0 Å². The molecule has 4 nitrogen and oxygen atoms in total. The van der Waals surface area contributed by atoms with Crippen molar-refractivity contribution < 1.29 is 0 Å². The van der Waals surface area contributed by atoms with Crippen LogP contribution in [0.5, 0.6) is 0 Å². The maximum Gasteiger partial charge on any atom is 0.170 e. The summed E-state index contributed by atoms with van der Waals surface area (Å²) in [4.78, 5) is 6.25. The van der Waals surface area contributed by atoms with Gasteiger partial charge in [0.05, 0.1) is 0 Å². The predicted molar refractivity (Wildman–Crippen MR) is 119 cm³/mol. The van der Waals surface area contributed by atoms with Gasteiger partial charge in [0.25, 0.3) is 0 Å². The highest BCUT2D eigenvalue weighted by Gasteiger charge is 2.28. The van der Waals surface area contributed by atoms with Crippen LogP contribution in [0.1, 0.15) is 63.4 Å². The lowest BCUT2D eigenvalue weighted by molar-refractivity contribution is 0.151. The highest BCUT2D eigenvalue weighted by molar-refractivity contribution is 7.80. The molecular weight excluding hydrogens is 352 g/mol. The number of nitrogens with zero attached hydrogens (tertiary/aromatic N) is 1. The fourth-order valence-corrected chi connectivity index (χ4v) is 5.04. The van der Waals surface area contributed by atoms with E-state index in [4.69, 9.17) is 12.2 Å². The van der Waals surface area contributed by atoms with Gasteiger partial charge in [-0.1, -0.05) is 13.3 Å². The molecule has 4 rings (SSSR count). The summed E-state index contributed by atoms with van der Waals surface area (Å²) in [5, 5.41) is 8.64. The van der Waals surface area contributed by atoms with E-state index in [1.165, 1.54) is 68.1 Å². The van der Waals surface area contributed by atoms with Gasteiger partial charge in [-0.3, -0.25) is 0 Å². The molecule has 1 aromatic heterocycles. The van der Waals surface area contributed by atoms with Crippen LogP contribution in [-0.4, -0.2) is 40.7 Å². The molecule has 2 atom stereocenters. The Morgan fingerprint density at radius 3 is 3.00 bits per heavy atom. The van der Waals surface area contributed by atoms with E-state index in [0.29, 0.717) is 11.0 Å². The van der Waals surface area contributed by atoms with E-state index < -0.39 is 0 Å². The lowest BCUT2D eigenvalue weighted by atomic mass is 9.90. The van der Waals surface area contributed by atoms with Crippen molar-refractivity contribution in [3.63, 3.8) is 0 Å². The molecule has 0 saturated carbocycles. The second kappa shape index (κ2) is 8.61. The molecule has 0 bridgehead atoms. The number of fused-ring (bicyclic) bond motifs is 2. The molecule has 1 aromatic carbocycles. The molecule has 2 saturated heterocycles. The largest absolute Gasteiger partial charge is 0.362 e. The van der Waals surface area contributed by atoms with E-state index in [1.54, 1.807) is 0 Å². The zero-order valence-corrected chi connectivity index (χ0v) is 17.2. The van der Waals surface area contributed by atoms with Gasteiger partial charge in [0.1, 0.15) is 0 Å². The van der Waals surface area contributed by atoms with E-state index in [-0.39, 0.29) is 0 Å². The highest BCUT2D eigenvalue weighted by atomic mass is 32.1. The topological polar surface area (TPSA) is 43.1 Å². The molecule has 0 aliphatic carbocycles. The van der Waals surface area contributed by atoms with Crippen LogP contribution in [0.15, 0.2) is 24.4 Å². The average molecular weight is 385 g/mol. The molecule has 2 fully saturated rings. The molecule has 0 spiro atoms. The van der Waals surface area contributed by atoms with Crippen molar-refractivity contribution in [2.24, 2.45) is 0 Å². The van der Waals surface area contributed by atoms with Gasteiger partial charge in [0.15, 0.2) is 5.11 Å². The number of rotatable bonds is 4. The minimum Gasteiger partial charge on any atom is -0.362 e. The van der Waals surface area contributed by atoms with E-state index in [1.807, 2.05) is 0 Å². The minimum absolute atomic E-state index is 0.657. The molecule has 0 radical (unpaired) electrons. The number of piperidine rings is 1. The summed E-state index contributed by atoms with van der Waals surface area (Å²) >= 11 is 5.40. The van der Waals surface area contributed by atoms with Crippen LogP contribution >= 0.6 is 12.2 Å². The fourth-order valence-electron chi connectivity index (χ4n) is 4.82. The van der Waals surface area contributed by atoms with Crippen LogP contribution in [0.2, 0.25) is 0 Å². The average Bonchev–Trinajstić information content (AvgIpc) is 2.98. The first-order valence-corrected chi connectivity index (χ1v) is 11.1. The summed E-state index contributed by atoms with van der Waals surface area (Å²) in [6.45, 7) is 5.61. The normalized spacial score (nSPS) is 23.6. The van der Waals surface area contributed by atoms with Crippen molar-refractivity contribution >= 4 is 33.9 Å². The van der Waals surface area contributed by atoms with Gasteiger partial charge in [-0.05, 0) is 93.5 Å². The predicted octanol–water partition coefficient (Wildman–Crippen LogP) is 4.99. The first-order chi connectivity index (χ1) is 13.2. The van der Waals surface area contributed by atoms with Crippen LogP contribution in [0, 0.1) is 0 Å². The number of aromatic nitrogens is 1. The van der Waals surface area contributed by atoms with Crippen molar-refractivity contribution in [2.75, 3.05) is 25.0 Å². The summed E-state index contributed by atoms with van der Waals surface area (Å²) in [6, 6.07) is 7.37. The Bertz CT molecular complexity index is 768. The standard InChI is InChI=1S/C22H32N4S/c1-2-11-23-22(27)25-17-7-9-21-19(14-17)20(15-24-21)16-6-8-18-5-3-4-12-26(18)13-10-16/h7,9,14-16,18,24H,2-6,8,10-13H2,1H3,(H2,23,25,27). The van der Waals surface area contributed by atoms with Gasteiger partial charge >= 0.3 is 0 Å². The van der Waals surface area contributed by atoms with Gasteiger partial charge in [-0.15, -0.1) is 0 Å². The van der Waals surface area contributed by atoms with Crippen LogP contribution in [0.3, 0.4) is 0 Å². The zero-order valence-electron chi connectivity index (χ0n) is 16.4. The Balaban J connectivity index is 1.51. The third-order valence-corrected chi connectivity index (χ3v) is 6.56. The van der Waals surface area contributed by atoms with E-state index >= 15 is 0 Å². The number of nitrogens with one attached hydrogen (secondary N) is 3. The van der Waals surface area contributed by atoms with E-state index in [9.17, 15) is 0 Å². The number of aromatic amines is 1. The molecular formula is C22H32N4S. The third kappa shape index (κ3) is 4.30. The Hall–Kier alpha value is -1.59. The number of hydrogen-bond acceptors (Lipinski definition) is 2. The van der Waals surface area contributed by atoms with Crippen molar-refractivity contribution in [3.8, 4) is 0 Å². The number of hydrogen-bond donors (Lipinski definition) is 3. The zero-order chi connectivity index (χ0) is 18.6. The fraction of sp³-hybridized carbons (Fsp3) is 0.591. The molecule has 0 amide bonds. The van der Waals surface area contributed by atoms with Crippen molar-refractivity contribution in [3.05, 3.63) is 30.0 Å². The lowest BCUT2D eigenvalue weighted by Crippen LogP contribution is -2.38. The van der Waals surface area contributed by atoms with Gasteiger partial charge in [0, 0.05) is 35.4 Å². The van der Waals surface area contributed by atoms with Crippen LogP contribution < -0.4 is 10.6 Å². The Labute approximate surface area is 168 Å².